The third-order valence-electron chi connectivity index (χ3n) is 12.2. The number of methoxy groups -OCH3 is 1. The van der Waals surface area contributed by atoms with Crippen molar-refractivity contribution in [1.29, 1.82) is 0 Å². The molecule has 0 radical (unpaired) electrons. The Morgan fingerprint density at radius 3 is 2.85 bits per heavy atom. The molecule has 8 rings (SSSR count). The van der Waals surface area contributed by atoms with Gasteiger partial charge in [-0.3, -0.25) is 14.3 Å². The lowest BCUT2D eigenvalue weighted by Crippen LogP contribution is -2.49. The fourth-order valence-corrected chi connectivity index (χ4v) is 11.1. The highest BCUT2D eigenvalue weighted by Gasteiger charge is 2.44. The molecule has 12 heteroatoms. The van der Waals surface area contributed by atoms with Gasteiger partial charge in [0, 0.05) is 43.1 Å². The highest BCUT2D eigenvalue weighted by Crippen LogP contribution is 2.46. The molecule has 11 nitrogen and oxygen atoms in total. The summed E-state index contributed by atoms with van der Waals surface area (Å²) in [5.41, 5.74) is 5.94. The van der Waals surface area contributed by atoms with Crippen molar-refractivity contribution in [3.8, 4) is 5.75 Å². The second kappa shape index (κ2) is 14.9. The average Bonchev–Trinajstić information content (AvgIpc) is 3.49. The average molecular weight is 757 g/mol. The van der Waals surface area contributed by atoms with Gasteiger partial charge in [0.25, 0.3) is 11.8 Å². The summed E-state index contributed by atoms with van der Waals surface area (Å²) in [4.78, 5) is 30.2. The first-order valence-corrected chi connectivity index (χ1v) is 21.1. The smallest absolute Gasteiger partial charge is 0.286 e. The summed E-state index contributed by atoms with van der Waals surface area (Å²) in [5, 5.41) is 11.4. The van der Waals surface area contributed by atoms with Gasteiger partial charge >= 0.3 is 0 Å². The Morgan fingerprint density at radius 2 is 2.04 bits per heavy atom. The number of aryl methyl sites for hydroxylation is 2. The molecule has 3 aliphatic heterocycles. The summed E-state index contributed by atoms with van der Waals surface area (Å²) in [7, 11) is -1.96. The van der Waals surface area contributed by atoms with Crippen LogP contribution in [0.4, 0.5) is 5.69 Å². The van der Waals surface area contributed by atoms with Gasteiger partial charge in [-0.1, -0.05) is 42.8 Å². The lowest BCUT2D eigenvalue weighted by molar-refractivity contribution is -0.0382. The zero-order valence-electron chi connectivity index (χ0n) is 31.5. The predicted octanol–water partition coefficient (Wildman–Crippen LogP) is 5.75. The van der Waals surface area contributed by atoms with E-state index in [9.17, 15) is 18.9 Å². The number of carbonyl (C=O) groups is 2. The van der Waals surface area contributed by atoms with Crippen LogP contribution in [0, 0.1) is 24.7 Å². The van der Waals surface area contributed by atoms with Crippen LogP contribution in [0.1, 0.15) is 82.1 Å². The van der Waals surface area contributed by atoms with E-state index in [1.807, 2.05) is 35.8 Å². The predicted molar refractivity (Wildman–Crippen MR) is 207 cm³/mol. The molecule has 54 heavy (non-hydrogen) atoms. The van der Waals surface area contributed by atoms with E-state index in [1.54, 1.807) is 25.4 Å². The highest BCUT2D eigenvalue weighted by molar-refractivity contribution is 7.92. The maximum atomic E-state index is 14.7. The number of aliphatic hydroxyl groups is 1. The number of benzene rings is 2. The minimum atomic E-state index is -3.58. The fraction of sp³-hybridized carbons (Fsp3) is 0.524. The van der Waals surface area contributed by atoms with E-state index in [1.165, 1.54) is 16.7 Å². The lowest BCUT2D eigenvalue weighted by atomic mass is 9.68. The van der Waals surface area contributed by atoms with Crippen molar-refractivity contribution in [2.75, 3.05) is 44.1 Å². The van der Waals surface area contributed by atoms with Crippen LogP contribution in [-0.4, -0.2) is 77.1 Å². The number of hydrogen-bond acceptors (Lipinski definition) is 8. The van der Waals surface area contributed by atoms with Gasteiger partial charge in [-0.15, -0.1) is 4.36 Å². The summed E-state index contributed by atoms with van der Waals surface area (Å²) < 4.78 is 41.4. The number of fused-ring (bicyclic) bond motifs is 5. The first-order valence-electron chi connectivity index (χ1n) is 19.4. The molecule has 1 unspecified atom stereocenters. The summed E-state index contributed by atoms with van der Waals surface area (Å²) in [6, 6.07) is 13.8. The van der Waals surface area contributed by atoms with Crippen molar-refractivity contribution in [2.24, 2.45) is 22.1 Å². The third kappa shape index (κ3) is 7.37. The van der Waals surface area contributed by atoms with Gasteiger partial charge in [0.2, 0.25) is 0 Å². The summed E-state index contributed by atoms with van der Waals surface area (Å²) in [6.07, 6.45) is 10.3. The van der Waals surface area contributed by atoms with Crippen LogP contribution in [0.5, 0.6) is 5.75 Å². The SMILES string of the molecule is COC[C@H]1Cn2cc(C(=O)NS3(=O)=NC(=O)c4ccc5c(c4)N(C[C@@H]4CC[C@H]4[C@@H](O)/C=C/C[C@H](C)C3)C[C@@]3(CCCc4cc(C)ccc43)CO5)cc2CO1. The molecule has 2 bridgehead atoms. The Kier molecular flexibility index (Phi) is 10.2. The molecule has 4 heterocycles. The van der Waals surface area contributed by atoms with E-state index in [-0.39, 0.29) is 40.6 Å². The van der Waals surface area contributed by atoms with Crippen molar-refractivity contribution in [3.63, 3.8) is 0 Å². The molecule has 2 aliphatic carbocycles. The van der Waals surface area contributed by atoms with Gasteiger partial charge in [-0.05, 0) is 98.6 Å². The highest BCUT2D eigenvalue weighted by atomic mass is 32.2. The van der Waals surface area contributed by atoms with Crippen LogP contribution in [0.15, 0.2) is 65.2 Å². The molecule has 2 aromatic carbocycles. The summed E-state index contributed by atoms with van der Waals surface area (Å²) in [6.45, 7) is 7.28. The molecule has 0 saturated heterocycles. The number of anilines is 1. The lowest BCUT2D eigenvalue weighted by Gasteiger charge is -2.45. The van der Waals surface area contributed by atoms with Crippen LogP contribution in [0.3, 0.4) is 0 Å². The molecular weight excluding hydrogens is 705 g/mol. The summed E-state index contributed by atoms with van der Waals surface area (Å²) in [5.74, 6) is -0.389. The first kappa shape index (κ1) is 37.0. The minimum absolute atomic E-state index is 0.0366. The maximum absolute atomic E-state index is 14.7. The number of hydrogen-bond donors (Lipinski definition) is 2. The van der Waals surface area contributed by atoms with Crippen LogP contribution >= 0.6 is 0 Å². The van der Waals surface area contributed by atoms with Crippen LogP contribution in [-0.2, 0) is 44.4 Å². The van der Waals surface area contributed by atoms with E-state index in [0.717, 1.165) is 43.5 Å². The number of ether oxygens (including phenoxy) is 3. The van der Waals surface area contributed by atoms with Crippen molar-refractivity contribution >= 4 is 27.4 Å². The van der Waals surface area contributed by atoms with E-state index in [2.05, 4.69) is 39.1 Å². The standard InChI is InChI=1S/C42H52N4O7S/c1-27-9-13-36-29(16-27)7-5-15-42(36)25-46-19-31-10-12-35(31)38(47)8-4-6-28(2)24-54(50,43-40(48)30-11-14-39(53-26-42)37(46)18-30)44-41(49)32-17-33-22-52-34(23-51-3)21-45(33)20-32/h4,8-9,11,13-14,16-18,20,28,31,34-35,38,47H,5-7,10,12,15,19,21-26H2,1-3H3,(H,43,44,48,49,50)/b8-4+/t28-,31-,34+,35+,38-,42-,54?/m0/s1. The van der Waals surface area contributed by atoms with E-state index < -0.39 is 27.8 Å². The van der Waals surface area contributed by atoms with Gasteiger partial charge in [-0.2, -0.15) is 0 Å². The number of nitrogens with zero attached hydrogens (tertiary/aromatic N) is 3. The molecule has 5 aliphatic rings. The molecule has 2 N–H and O–H groups in total. The third-order valence-corrected chi connectivity index (χ3v) is 14.2. The zero-order valence-corrected chi connectivity index (χ0v) is 32.3. The maximum Gasteiger partial charge on any atom is 0.286 e. The normalized spacial score (nSPS) is 31.4. The molecule has 1 fully saturated rings. The van der Waals surface area contributed by atoms with Gasteiger partial charge in [0.05, 0.1) is 55.6 Å². The molecule has 1 aromatic heterocycles. The number of carbonyl (C=O) groups excluding carboxylic acids is 2. The number of amides is 2. The van der Waals surface area contributed by atoms with Crippen molar-refractivity contribution in [3.05, 3.63) is 94.3 Å². The quantitative estimate of drug-likeness (QED) is 0.322. The number of nitrogens with one attached hydrogen (secondary N) is 1. The Balaban J connectivity index is 1.15. The van der Waals surface area contributed by atoms with Crippen LogP contribution in [0.2, 0.25) is 0 Å². The molecule has 3 aromatic rings. The van der Waals surface area contributed by atoms with Gasteiger partial charge < -0.3 is 28.8 Å². The van der Waals surface area contributed by atoms with Gasteiger partial charge in [0.1, 0.15) is 15.7 Å². The van der Waals surface area contributed by atoms with Crippen molar-refractivity contribution < 1.29 is 33.1 Å². The van der Waals surface area contributed by atoms with Gasteiger partial charge in [0.15, 0.2) is 0 Å². The van der Waals surface area contributed by atoms with Crippen molar-refractivity contribution in [1.82, 2.24) is 9.29 Å². The summed E-state index contributed by atoms with van der Waals surface area (Å²) >= 11 is 0. The number of allylic oxidation sites excluding steroid dienone is 1. The molecule has 7 atom stereocenters. The second-order valence-electron chi connectivity index (χ2n) is 16.3. The number of rotatable bonds is 4. The largest absolute Gasteiger partial charge is 0.490 e. The van der Waals surface area contributed by atoms with E-state index >= 15 is 0 Å². The second-order valence-corrected chi connectivity index (χ2v) is 18.3. The molecular formula is C42H52N4O7S. The Bertz CT molecular complexity index is 2090. The van der Waals surface area contributed by atoms with Crippen LogP contribution < -0.4 is 14.4 Å². The molecule has 1 saturated carbocycles. The Morgan fingerprint density at radius 1 is 1.17 bits per heavy atom. The Hall–Kier alpha value is -3.97. The van der Waals surface area contributed by atoms with Crippen molar-refractivity contribution in [2.45, 2.75) is 83.1 Å². The van der Waals surface area contributed by atoms with E-state index in [4.69, 9.17) is 14.2 Å². The Labute approximate surface area is 318 Å². The molecule has 288 valence electrons. The number of aromatic nitrogens is 1. The number of aliphatic hydroxyl groups excluding tert-OH is 1. The minimum Gasteiger partial charge on any atom is -0.490 e. The topological polar surface area (TPSA) is 132 Å². The molecule has 1 spiro atoms. The fourth-order valence-electron chi connectivity index (χ4n) is 9.23. The molecule has 2 amide bonds. The van der Waals surface area contributed by atoms with Gasteiger partial charge in [-0.25, -0.2) is 4.21 Å². The zero-order chi connectivity index (χ0) is 37.6. The van der Waals surface area contributed by atoms with Crippen LogP contribution in [0.25, 0.3) is 0 Å². The monoisotopic (exact) mass is 756 g/mol. The first-order chi connectivity index (χ1) is 26.0. The van der Waals surface area contributed by atoms with E-state index in [0.29, 0.717) is 57.2 Å².